The molecule has 4 heteroatoms. The van der Waals surface area contributed by atoms with Crippen LogP contribution in [0.1, 0.15) is 36.2 Å². The van der Waals surface area contributed by atoms with Gasteiger partial charge in [0.1, 0.15) is 0 Å². The van der Waals surface area contributed by atoms with E-state index in [2.05, 4.69) is 27.0 Å². The Morgan fingerprint density at radius 3 is 2.90 bits per heavy atom. The molecule has 0 bridgehead atoms. The van der Waals surface area contributed by atoms with Crippen LogP contribution in [-0.4, -0.2) is 28.0 Å². The Balaban J connectivity index is 1.87. The van der Waals surface area contributed by atoms with E-state index in [1.807, 2.05) is 36.8 Å². The molecule has 2 aromatic rings. The number of nitrogens with zero attached hydrogens (tertiary/aromatic N) is 3. The minimum atomic E-state index is 0.184. The van der Waals surface area contributed by atoms with Crippen molar-refractivity contribution in [3.8, 4) is 0 Å². The number of pyridine rings is 2. The van der Waals surface area contributed by atoms with Gasteiger partial charge in [-0.3, -0.25) is 14.9 Å². The monoisotopic (exact) mass is 268 g/mol. The highest BCUT2D eigenvalue weighted by atomic mass is 15.2. The van der Waals surface area contributed by atoms with Crippen molar-refractivity contribution in [2.24, 2.45) is 5.73 Å². The summed E-state index contributed by atoms with van der Waals surface area (Å²) in [6, 6.07) is 10.8. The van der Waals surface area contributed by atoms with E-state index >= 15 is 0 Å². The van der Waals surface area contributed by atoms with E-state index in [4.69, 9.17) is 5.73 Å². The van der Waals surface area contributed by atoms with E-state index < -0.39 is 0 Å². The molecule has 0 aromatic carbocycles. The zero-order valence-corrected chi connectivity index (χ0v) is 11.5. The Morgan fingerprint density at radius 1 is 1.25 bits per heavy atom. The second kappa shape index (κ2) is 6.11. The predicted octanol–water partition coefficient (Wildman–Crippen LogP) is 2.31. The highest BCUT2D eigenvalue weighted by Crippen LogP contribution is 2.37. The summed E-state index contributed by atoms with van der Waals surface area (Å²) in [4.78, 5) is 11.2. The third kappa shape index (κ3) is 2.57. The highest BCUT2D eigenvalue weighted by molar-refractivity contribution is 5.18. The Morgan fingerprint density at radius 2 is 2.20 bits per heavy atom. The Kier molecular flexibility index (Phi) is 4.04. The molecule has 2 unspecified atom stereocenters. The summed E-state index contributed by atoms with van der Waals surface area (Å²) >= 11 is 0. The van der Waals surface area contributed by atoms with Crippen LogP contribution in [-0.2, 0) is 0 Å². The number of rotatable bonds is 4. The Hall–Kier alpha value is -1.78. The summed E-state index contributed by atoms with van der Waals surface area (Å²) in [5, 5.41) is 0. The van der Waals surface area contributed by atoms with Crippen molar-refractivity contribution in [3.63, 3.8) is 0 Å². The largest absolute Gasteiger partial charge is 0.329 e. The van der Waals surface area contributed by atoms with Gasteiger partial charge in [-0.1, -0.05) is 12.1 Å². The van der Waals surface area contributed by atoms with Crippen molar-refractivity contribution < 1.29 is 0 Å². The van der Waals surface area contributed by atoms with E-state index in [1.54, 1.807) is 0 Å². The van der Waals surface area contributed by atoms with E-state index in [9.17, 15) is 0 Å². The van der Waals surface area contributed by atoms with Gasteiger partial charge in [0.25, 0.3) is 0 Å². The fourth-order valence-corrected chi connectivity index (χ4v) is 3.09. The number of nitrogens with two attached hydrogens (primary N) is 1. The van der Waals surface area contributed by atoms with Gasteiger partial charge in [0, 0.05) is 31.2 Å². The minimum Gasteiger partial charge on any atom is -0.329 e. The third-order valence-electron chi connectivity index (χ3n) is 4.02. The zero-order chi connectivity index (χ0) is 13.8. The molecule has 2 atom stereocenters. The standard InChI is InChI=1S/C16H20N4/c17-11-16(14-6-1-2-9-19-14)20-10-4-7-15(20)13-5-3-8-18-12-13/h1-3,5-6,8-9,12,15-16H,4,7,10-11,17H2. The van der Waals surface area contributed by atoms with Crippen LogP contribution >= 0.6 is 0 Å². The van der Waals surface area contributed by atoms with Crippen LogP contribution in [0.2, 0.25) is 0 Å². The van der Waals surface area contributed by atoms with Crippen LogP contribution in [0.25, 0.3) is 0 Å². The molecule has 1 saturated heterocycles. The first-order chi connectivity index (χ1) is 9.90. The minimum absolute atomic E-state index is 0.184. The van der Waals surface area contributed by atoms with Crippen molar-refractivity contribution in [2.45, 2.75) is 24.9 Å². The summed E-state index contributed by atoms with van der Waals surface area (Å²) in [5.41, 5.74) is 8.37. The van der Waals surface area contributed by atoms with Crippen molar-refractivity contribution in [3.05, 3.63) is 60.2 Å². The average Bonchev–Trinajstić information content (AvgIpc) is 2.99. The van der Waals surface area contributed by atoms with Gasteiger partial charge >= 0.3 is 0 Å². The summed E-state index contributed by atoms with van der Waals surface area (Å²) in [6.45, 7) is 1.66. The lowest BCUT2D eigenvalue weighted by molar-refractivity contribution is 0.181. The van der Waals surface area contributed by atoms with Gasteiger partial charge < -0.3 is 5.73 Å². The average molecular weight is 268 g/mol. The molecule has 4 nitrogen and oxygen atoms in total. The van der Waals surface area contributed by atoms with E-state index in [1.165, 1.54) is 12.0 Å². The number of likely N-dealkylation sites (tertiary alicyclic amines) is 1. The second-order valence-corrected chi connectivity index (χ2v) is 5.19. The molecule has 2 aromatic heterocycles. The van der Waals surface area contributed by atoms with Crippen molar-refractivity contribution >= 4 is 0 Å². The Labute approximate surface area is 119 Å². The molecule has 0 saturated carbocycles. The van der Waals surface area contributed by atoms with Gasteiger partial charge in [-0.25, -0.2) is 0 Å². The summed E-state index contributed by atoms with van der Waals surface area (Å²) in [7, 11) is 0. The van der Waals surface area contributed by atoms with Crippen LogP contribution in [0.3, 0.4) is 0 Å². The molecule has 1 aliphatic rings. The SMILES string of the molecule is NCC(c1ccccn1)N1CCCC1c1cccnc1. The lowest BCUT2D eigenvalue weighted by Gasteiger charge is -2.32. The molecule has 3 rings (SSSR count). The molecule has 0 spiro atoms. The van der Waals surface area contributed by atoms with Crippen molar-refractivity contribution in [1.29, 1.82) is 0 Å². The summed E-state index contributed by atoms with van der Waals surface area (Å²) in [5.74, 6) is 0. The van der Waals surface area contributed by atoms with Gasteiger partial charge in [0.05, 0.1) is 11.7 Å². The first-order valence-electron chi connectivity index (χ1n) is 7.17. The smallest absolute Gasteiger partial charge is 0.0649 e. The number of aromatic nitrogens is 2. The lowest BCUT2D eigenvalue weighted by atomic mass is 10.0. The molecular formula is C16H20N4. The van der Waals surface area contributed by atoms with Crippen LogP contribution in [0, 0.1) is 0 Å². The molecule has 2 N–H and O–H groups in total. The number of hydrogen-bond acceptors (Lipinski definition) is 4. The van der Waals surface area contributed by atoms with E-state index in [-0.39, 0.29) is 6.04 Å². The quantitative estimate of drug-likeness (QED) is 0.924. The van der Waals surface area contributed by atoms with Crippen LogP contribution in [0.4, 0.5) is 0 Å². The molecule has 1 aliphatic heterocycles. The van der Waals surface area contributed by atoms with Crippen LogP contribution in [0.5, 0.6) is 0 Å². The predicted molar refractivity (Wildman–Crippen MR) is 79.0 cm³/mol. The summed E-state index contributed by atoms with van der Waals surface area (Å²) in [6.07, 6.45) is 7.99. The molecule has 0 amide bonds. The van der Waals surface area contributed by atoms with E-state index in [0.29, 0.717) is 12.6 Å². The maximum atomic E-state index is 6.03. The first-order valence-corrected chi connectivity index (χ1v) is 7.17. The molecule has 3 heterocycles. The summed E-state index contributed by atoms with van der Waals surface area (Å²) < 4.78 is 0. The van der Waals surface area contributed by atoms with Gasteiger partial charge in [0.2, 0.25) is 0 Å². The molecule has 1 fully saturated rings. The lowest BCUT2D eigenvalue weighted by Crippen LogP contribution is -2.34. The normalized spacial score (nSPS) is 20.9. The van der Waals surface area contributed by atoms with E-state index in [0.717, 1.165) is 18.7 Å². The van der Waals surface area contributed by atoms with Crippen molar-refractivity contribution in [1.82, 2.24) is 14.9 Å². The second-order valence-electron chi connectivity index (χ2n) is 5.19. The molecule has 20 heavy (non-hydrogen) atoms. The van der Waals surface area contributed by atoms with Gasteiger partial charge in [-0.15, -0.1) is 0 Å². The number of hydrogen-bond donors (Lipinski definition) is 1. The van der Waals surface area contributed by atoms with Crippen LogP contribution in [0.15, 0.2) is 48.9 Å². The Bertz CT molecular complexity index is 529. The third-order valence-corrected chi connectivity index (χ3v) is 4.02. The maximum absolute atomic E-state index is 6.03. The molecule has 0 aliphatic carbocycles. The van der Waals surface area contributed by atoms with Gasteiger partial charge in [-0.05, 0) is 43.1 Å². The van der Waals surface area contributed by atoms with Crippen LogP contribution < -0.4 is 5.73 Å². The topological polar surface area (TPSA) is 55.0 Å². The molecule has 104 valence electrons. The van der Waals surface area contributed by atoms with Gasteiger partial charge in [-0.2, -0.15) is 0 Å². The highest BCUT2D eigenvalue weighted by Gasteiger charge is 2.32. The fourth-order valence-electron chi connectivity index (χ4n) is 3.09. The maximum Gasteiger partial charge on any atom is 0.0649 e. The fraction of sp³-hybridized carbons (Fsp3) is 0.375. The molecule has 0 radical (unpaired) electrons. The van der Waals surface area contributed by atoms with Crippen molar-refractivity contribution in [2.75, 3.05) is 13.1 Å². The van der Waals surface area contributed by atoms with Gasteiger partial charge in [0.15, 0.2) is 0 Å². The zero-order valence-electron chi connectivity index (χ0n) is 11.5. The molecular weight excluding hydrogens is 248 g/mol. The first kappa shape index (κ1) is 13.2.